The Labute approximate surface area is 211 Å². The van der Waals surface area contributed by atoms with Crippen molar-refractivity contribution in [3.8, 4) is 5.75 Å². The van der Waals surface area contributed by atoms with Gasteiger partial charge < -0.3 is 15.2 Å². The molecule has 1 atom stereocenters. The fraction of sp³-hybridized carbons (Fsp3) is 0.276. The maximum absolute atomic E-state index is 6.27. The highest BCUT2D eigenvalue weighted by Crippen LogP contribution is 2.35. The van der Waals surface area contributed by atoms with Crippen LogP contribution in [0, 0.1) is 20.8 Å². The lowest BCUT2D eigenvalue weighted by Crippen LogP contribution is -2.77. The Bertz CT molecular complexity index is 1350. The zero-order chi connectivity index (χ0) is 24.7. The van der Waals surface area contributed by atoms with E-state index in [1.807, 2.05) is 12.1 Å². The van der Waals surface area contributed by atoms with Crippen LogP contribution >= 0.6 is 11.3 Å². The number of aryl methyl sites for hydroxylation is 2. The number of quaternary nitrogens is 1. The normalized spacial score (nSPS) is 17.3. The number of thiophene rings is 1. The summed E-state index contributed by atoms with van der Waals surface area (Å²) >= 11 is 1.80. The van der Waals surface area contributed by atoms with E-state index >= 15 is 0 Å². The molecule has 3 heterocycles. The Kier molecular flexibility index (Phi) is 6.36. The van der Waals surface area contributed by atoms with Crippen LogP contribution in [-0.4, -0.2) is 18.4 Å². The molecule has 5 rings (SSSR count). The third kappa shape index (κ3) is 4.57. The molecule has 2 aliphatic rings. The number of rotatable bonds is 5. The fourth-order valence-electron chi connectivity index (χ4n) is 4.72. The van der Waals surface area contributed by atoms with Gasteiger partial charge in [0.15, 0.2) is 5.00 Å². The van der Waals surface area contributed by atoms with E-state index in [1.54, 1.807) is 11.3 Å². The molecule has 0 spiro atoms. The van der Waals surface area contributed by atoms with Crippen molar-refractivity contribution in [2.75, 3.05) is 12.3 Å². The van der Waals surface area contributed by atoms with Crippen molar-refractivity contribution in [1.29, 1.82) is 0 Å². The number of nitrogen functional groups attached to an aromatic ring is 1. The van der Waals surface area contributed by atoms with Gasteiger partial charge in [0.1, 0.15) is 17.5 Å². The quantitative estimate of drug-likeness (QED) is 0.383. The SMILES string of the molecule is C=C(CC1N=C(c2ccc(C)cc2)c2c(sc(C)c2C)[NH2+]C1=C)Oc1ccc(N)c2c1COCC2. The average Bonchev–Trinajstić information content (AvgIpc) is 3.03. The maximum Gasteiger partial charge on any atom is 0.199 e. The molecular weight excluding hydrogens is 454 g/mol. The first-order chi connectivity index (χ1) is 16.8. The second kappa shape index (κ2) is 9.46. The summed E-state index contributed by atoms with van der Waals surface area (Å²) in [6, 6.07) is 12.2. The maximum atomic E-state index is 6.27. The van der Waals surface area contributed by atoms with Gasteiger partial charge in [-0.3, -0.25) is 10.3 Å². The summed E-state index contributed by atoms with van der Waals surface area (Å²) in [5, 5.41) is 3.39. The lowest BCUT2D eigenvalue weighted by Gasteiger charge is -2.22. The number of benzene rings is 2. The van der Waals surface area contributed by atoms with Crippen LogP contribution in [0.4, 0.5) is 10.7 Å². The van der Waals surface area contributed by atoms with Gasteiger partial charge in [-0.05, 0) is 57.0 Å². The van der Waals surface area contributed by atoms with E-state index in [-0.39, 0.29) is 6.04 Å². The Morgan fingerprint density at radius 3 is 2.71 bits per heavy atom. The van der Waals surface area contributed by atoms with Crippen LogP contribution in [0.25, 0.3) is 0 Å². The van der Waals surface area contributed by atoms with Gasteiger partial charge in [-0.15, -0.1) is 0 Å². The highest BCUT2D eigenvalue weighted by molar-refractivity contribution is 7.15. The molecule has 0 aliphatic carbocycles. The van der Waals surface area contributed by atoms with Crippen LogP contribution in [0.1, 0.15) is 44.7 Å². The Morgan fingerprint density at radius 1 is 1.17 bits per heavy atom. The molecule has 2 aliphatic heterocycles. The highest BCUT2D eigenvalue weighted by Gasteiger charge is 2.31. The Morgan fingerprint density at radius 2 is 1.94 bits per heavy atom. The fourth-order valence-corrected chi connectivity index (χ4v) is 5.87. The molecule has 2 aromatic carbocycles. The molecule has 3 aromatic rings. The Balaban J connectivity index is 1.47. The number of nitrogens with zero attached hydrogens (tertiary/aromatic N) is 1. The van der Waals surface area contributed by atoms with E-state index in [0.29, 0.717) is 25.4 Å². The minimum atomic E-state index is -0.168. The minimum absolute atomic E-state index is 0.168. The van der Waals surface area contributed by atoms with Crippen LogP contribution in [0.5, 0.6) is 5.75 Å². The van der Waals surface area contributed by atoms with E-state index in [0.717, 1.165) is 46.0 Å². The number of fused-ring (bicyclic) bond motifs is 2. The van der Waals surface area contributed by atoms with Gasteiger partial charge in [-0.1, -0.05) is 47.7 Å². The molecule has 1 aromatic heterocycles. The van der Waals surface area contributed by atoms with E-state index in [2.05, 4.69) is 63.5 Å². The van der Waals surface area contributed by atoms with Gasteiger partial charge in [-0.25, -0.2) is 0 Å². The third-order valence-electron chi connectivity index (χ3n) is 6.85. The highest BCUT2D eigenvalue weighted by atomic mass is 32.1. The number of nitrogens with two attached hydrogens (primary N) is 2. The topological polar surface area (TPSA) is 73.5 Å². The van der Waals surface area contributed by atoms with Gasteiger partial charge in [0, 0.05) is 28.1 Å². The molecule has 0 bridgehead atoms. The van der Waals surface area contributed by atoms with Crippen molar-refractivity contribution < 1.29 is 14.8 Å². The summed E-state index contributed by atoms with van der Waals surface area (Å²) in [6.07, 6.45) is 1.34. The van der Waals surface area contributed by atoms with Crippen LogP contribution in [0.15, 0.2) is 66.0 Å². The monoisotopic (exact) mass is 486 g/mol. The Hall–Kier alpha value is -3.19. The summed E-state index contributed by atoms with van der Waals surface area (Å²) in [5.74, 6) is 1.41. The van der Waals surface area contributed by atoms with E-state index in [1.165, 1.54) is 26.6 Å². The van der Waals surface area contributed by atoms with E-state index in [4.69, 9.17) is 20.2 Å². The van der Waals surface area contributed by atoms with Crippen molar-refractivity contribution in [1.82, 2.24) is 0 Å². The molecule has 4 N–H and O–H groups in total. The number of anilines is 1. The van der Waals surface area contributed by atoms with Gasteiger partial charge in [0.05, 0.1) is 30.2 Å². The largest absolute Gasteiger partial charge is 0.462 e. The van der Waals surface area contributed by atoms with Crippen LogP contribution < -0.4 is 15.8 Å². The average molecular weight is 487 g/mol. The lowest BCUT2D eigenvalue weighted by atomic mass is 9.99. The molecule has 0 amide bonds. The molecule has 1 unspecified atom stereocenters. The van der Waals surface area contributed by atoms with Crippen molar-refractivity contribution in [3.63, 3.8) is 0 Å². The molecule has 5 nitrogen and oxygen atoms in total. The first-order valence-corrected chi connectivity index (χ1v) is 12.8. The summed E-state index contributed by atoms with van der Waals surface area (Å²) in [4.78, 5) is 6.57. The predicted molar refractivity (Wildman–Crippen MR) is 144 cm³/mol. The summed E-state index contributed by atoms with van der Waals surface area (Å²) in [6.45, 7) is 16.3. The van der Waals surface area contributed by atoms with Gasteiger partial charge >= 0.3 is 0 Å². The number of aliphatic imine (C=N–C) groups is 1. The van der Waals surface area contributed by atoms with Crippen LogP contribution in [0.3, 0.4) is 0 Å². The molecule has 0 saturated carbocycles. The standard InChI is InChI=1S/C29H31N3O2S/c1-16-6-8-21(9-7-16)28-27-18(3)20(5)35-29(27)31-19(4)25(32-28)14-17(2)34-26-11-10-24(30)22-12-13-33-15-23(22)26/h6-11,25,31H,2,4,12-15,30H2,1,3,5H3/p+1. The first kappa shape index (κ1) is 23.5. The molecule has 35 heavy (non-hydrogen) atoms. The number of ether oxygens (including phenoxy) is 2. The van der Waals surface area contributed by atoms with Crippen LogP contribution in [-0.2, 0) is 17.8 Å². The predicted octanol–water partition coefficient (Wildman–Crippen LogP) is 5.24. The molecule has 0 fully saturated rings. The minimum Gasteiger partial charge on any atom is -0.462 e. The van der Waals surface area contributed by atoms with Gasteiger partial charge in [0.25, 0.3) is 0 Å². The molecule has 0 radical (unpaired) electrons. The second-order valence-electron chi connectivity index (χ2n) is 9.36. The smallest absolute Gasteiger partial charge is 0.199 e. The third-order valence-corrected chi connectivity index (χ3v) is 8.00. The van der Waals surface area contributed by atoms with Crippen molar-refractivity contribution in [2.45, 2.75) is 46.3 Å². The molecule has 6 heteroatoms. The summed E-state index contributed by atoms with van der Waals surface area (Å²) < 4.78 is 11.9. The van der Waals surface area contributed by atoms with E-state index in [9.17, 15) is 0 Å². The van der Waals surface area contributed by atoms with E-state index < -0.39 is 0 Å². The van der Waals surface area contributed by atoms with Gasteiger partial charge in [0.2, 0.25) is 0 Å². The molecular formula is C29H32N3O2S+. The second-order valence-corrected chi connectivity index (χ2v) is 10.6. The van der Waals surface area contributed by atoms with Crippen LogP contribution in [0.2, 0.25) is 0 Å². The zero-order valence-corrected chi connectivity index (χ0v) is 21.4. The number of hydrogen-bond acceptors (Lipinski definition) is 5. The molecule has 180 valence electrons. The van der Waals surface area contributed by atoms with Crippen molar-refractivity contribution in [3.05, 3.63) is 99.3 Å². The van der Waals surface area contributed by atoms with Crippen molar-refractivity contribution >= 4 is 27.7 Å². The number of hydrogen-bond donors (Lipinski definition) is 2. The first-order valence-electron chi connectivity index (χ1n) is 11.9. The van der Waals surface area contributed by atoms with Gasteiger partial charge in [-0.2, -0.15) is 0 Å². The zero-order valence-electron chi connectivity index (χ0n) is 20.6. The summed E-state index contributed by atoms with van der Waals surface area (Å²) in [7, 11) is 0. The van der Waals surface area contributed by atoms with Crippen molar-refractivity contribution in [2.24, 2.45) is 4.99 Å². The summed E-state index contributed by atoms with van der Waals surface area (Å²) in [5.41, 5.74) is 15.9. The lowest BCUT2D eigenvalue weighted by molar-refractivity contribution is -0.516. The molecule has 0 saturated heterocycles.